The van der Waals surface area contributed by atoms with Crippen molar-refractivity contribution in [2.75, 3.05) is 25.1 Å². The lowest BCUT2D eigenvalue weighted by atomic mass is 9.84. The summed E-state index contributed by atoms with van der Waals surface area (Å²) in [5, 5.41) is 0.519. The van der Waals surface area contributed by atoms with E-state index in [1.54, 1.807) is 42.8 Å². The van der Waals surface area contributed by atoms with Crippen LogP contribution in [-0.2, 0) is 6.54 Å². The van der Waals surface area contributed by atoms with Gasteiger partial charge in [0.25, 0.3) is 0 Å². The summed E-state index contributed by atoms with van der Waals surface area (Å²) in [6.45, 7) is 0.465. The normalized spacial score (nSPS) is 14.9. The van der Waals surface area contributed by atoms with Crippen molar-refractivity contribution in [2.24, 2.45) is 5.92 Å². The predicted molar refractivity (Wildman–Crippen MR) is 155 cm³/mol. The molecule has 4 aromatic rings. The second kappa shape index (κ2) is 13.3. The summed E-state index contributed by atoms with van der Waals surface area (Å²) in [5.41, 5.74) is 2.74. The highest BCUT2D eigenvalue weighted by molar-refractivity contribution is 8.00. The highest BCUT2D eigenvalue weighted by Crippen LogP contribution is 2.38. The van der Waals surface area contributed by atoms with Crippen LogP contribution in [-0.4, -0.2) is 30.2 Å². The number of allylic oxidation sites excluding steroid dienone is 1. The van der Waals surface area contributed by atoms with Crippen LogP contribution in [0.4, 0.5) is 18.3 Å². The average molecular weight is 600 g/mol. The second-order valence-corrected chi connectivity index (χ2v) is 11.2. The fourth-order valence-corrected chi connectivity index (χ4v) is 6.19. The topological polar surface area (TPSA) is 56.7 Å². The molecule has 0 N–H and O–H groups in total. The molecule has 0 saturated carbocycles. The number of halogens is 3. The Morgan fingerprint density at radius 2 is 1.80 bits per heavy atom. The first kappa shape index (κ1) is 28.8. The van der Waals surface area contributed by atoms with E-state index in [0.717, 1.165) is 71.6 Å². The zero-order valence-corrected chi connectivity index (χ0v) is 24.1. The molecular weight excluding hydrogens is 571 g/mol. The monoisotopic (exact) mass is 599 g/mol. The summed E-state index contributed by atoms with van der Waals surface area (Å²) >= 11 is 2.15. The quantitative estimate of drug-likeness (QED) is 0.162. The van der Waals surface area contributed by atoms with Crippen molar-refractivity contribution in [3.63, 3.8) is 0 Å². The molecule has 11 heteroatoms. The third-order valence-corrected chi connectivity index (χ3v) is 8.58. The molecule has 1 heterocycles. The number of hydrogen-bond donors (Lipinski definition) is 0. The number of methoxy groups -OCH3 is 2. The van der Waals surface area contributed by atoms with E-state index in [9.17, 15) is 4.39 Å². The van der Waals surface area contributed by atoms with Crippen molar-refractivity contribution in [1.29, 1.82) is 0 Å². The van der Waals surface area contributed by atoms with Crippen molar-refractivity contribution >= 4 is 34.2 Å². The van der Waals surface area contributed by atoms with Crippen LogP contribution in [0, 0.1) is 23.4 Å². The van der Waals surface area contributed by atoms with E-state index < -0.39 is 11.6 Å². The SMILES string of the molecule is COc1ccc(CN(Sc2cc(F)c(OCC3CCCC=C3c3ccc(F)cc3)cc2F)c2ncns2)c(OC)c1. The van der Waals surface area contributed by atoms with Crippen LogP contribution in [0.15, 0.2) is 71.9 Å². The van der Waals surface area contributed by atoms with E-state index in [-0.39, 0.29) is 35.5 Å². The maximum absolute atomic E-state index is 15.3. The average Bonchev–Trinajstić information content (AvgIpc) is 3.54. The molecule has 41 heavy (non-hydrogen) atoms. The number of benzene rings is 3. The lowest BCUT2D eigenvalue weighted by molar-refractivity contribution is 0.255. The molecule has 1 unspecified atom stereocenters. The van der Waals surface area contributed by atoms with Gasteiger partial charge in [0.05, 0.1) is 32.3 Å². The largest absolute Gasteiger partial charge is 0.497 e. The highest BCUT2D eigenvalue weighted by atomic mass is 32.2. The number of aromatic nitrogens is 2. The first-order valence-corrected chi connectivity index (χ1v) is 14.5. The van der Waals surface area contributed by atoms with Gasteiger partial charge in [-0.1, -0.05) is 18.2 Å². The zero-order chi connectivity index (χ0) is 28.8. The van der Waals surface area contributed by atoms with Gasteiger partial charge in [0, 0.05) is 35.1 Å². The molecule has 6 nitrogen and oxygen atoms in total. The van der Waals surface area contributed by atoms with E-state index in [0.29, 0.717) is 16.6 Å². The molecule has 0 bridgehead atoms. The van der Waals surface area contributed by atoms with Gasteiger partial charge in [0.1, 0.15) is 29.5 Å². The molecule has 0 saturated heterocycles. The number of hydrogen-bond acceptors (Lipinski definition) is 8. The fraction of sp³-hybridized carbons (Fsp3) is 0.267. The van der Waals surface area contributed by atoms with Crippen LogP contribution >= 0.6 is 23.5 Å². The standard InChI is InChI=1S/C30H28F3N3O3S2/c1-37-23-12-9-20(27(13-23)38-2)16-36(30-34-18-35-40-30)41-29-15-25(32)28(14-26(29)33)39-17-21-5-3-4-6-24(21)19-7-10-22(31)11-8-19/h6-15,18,21H,3-5,16-17H2,1-2H3. The maximum Gasteiger partial charge on any atom is 0.215 e. The lowest BCUT2D eigenvalue weighted by Gasteiger charge is -2.25. The molecule has 0 radical (unpaired) electrons. The second-order valence-electron chi connectivity index (χ2n) is 9.35. The Morgan fingerprint density at radius 3 is 2.54 bits per heavy atom. The Bertz CT molecular complexity index is 1500. The Hall–Kier alpha value is -3.70. The summed E-state index contributed by atoms with van der Waals surface area (Å²) in [6, 6.07) is 13.9. The predicted octanol–water partition coefficient (Wildman–Crippen LogP) is 7.95. The van der Waals surface area contributed by atoms with Crippen LogP contribution in [0.2, 0.25) is 0 Å². The maximum atomic E-state index is 15.3. The summed E-state index contributed by atoms with van der Waals surface area (Å²) in [5.74, 6) is -0.545. The van der Waals surface area contributed by atoms with Crippen LogP contribution < -0.4 is 18.5 Å². The van der Waals surface area contributed by atoms with E-state index in [4.69, 9.17) is 14.2 Å². The van der Waals surface area contributed by atoms with Crippen molar-refractivity contribution in [1.82, 2.24) is 9.36 Å². The van der Waals surface area contributed by atoms with E-state index in [1.165, 1.54) is 18.5 Å². The summed E-state index contributed by atoms with van der Waals surface area (Å²) < 4.78 is 66.4. The molecule has 214 valence electrons. The van der Waals surface area contributed by atoms with Gasteiger partial charge in [-0.05, 0) is 72.7 Å². The first-order chi connectivity index (χ1) is 19.9. The van der Waals surface area contributed by atoms with Crippen LogP contribution in [0.1, 0.15) is 30.4 Å². The number of ether oxygens (including phenoxy) is 3. The van der Waals surface area contributed by atoms with Crippen LogP contribution in [0.3, 0.4) is 0 Å². The van der Waals surface area contributed by atoms with Crippen molar-refractivity contribution < 1.29 is 27.4 Å². The third-order valence-electron chi connectivity index (χ3n) is 6.74. The molecule has 3 aromatic carbocycles. The molecule has 1 aliphatic carbocycles. The minimum absolute atomic E-state index is 0.0157. The Labute approximate surface area is 245 Å². The van der Waals surface area contributed by atoms with Crippen molar-refractivity contribution in [3.8, 4) is 17.2 Å². The van der Waals surface area contributed by atoms with Gasteiger partial charge in [-0.15, -0.1) is 0 Å². The summed E-state index contributed by atoms with van der Waals surface area (Å²) in [4.78, 5) is 4.34. The molecule has 1 atom stereocenters. The van der Waals surface area contributed by atoms with Gasteiger partial charge in [-0.3, -0.25) is 4.31 Å². The first-order valence-electron chi connectivity index (χ1n) is 13.0. The van der Waals surface area contributed by atoms with Gasteiger partial charge in [0.2, 0.25) is 5.13 Å². The number of nitrogens with zero attached hydrogens (tertiary/aromatic N) is 3. The van der Waals surface area contributed by atoms with E-state index in [2.05, 4.69) is 15.4 Å². The fourth-order valence-electron chi connectivity index (χ4n) is 4.67. The molecule has 5 rings (SSSR count). The van der Waals surface area contributed by atoms with Crippen LogP contribution in [0.5, 0.6) is 17.2 Å². The Morgan fingerprint density at radius 1 is 0.976 bits per heavy atom. The van der Waals surface area contributed by atoms with Crippen molar-refractivity contribution in [3.05, 3.63) is 95.6 Å². The Kier molecular flexibility index (Phi) is 9.35. The van der Waals surface area contributed by atoms with Gasteiger partial charge in [0.15, 0.2) is 11.6 Å². The van der Waals surface area contributed by atoms with E-state index in [1.807, 2.05) is 6.07 Å². The lowest BCUT2D eigenvalue weighted by Crippen LogP contribution is -2.17. The number of anilines is 1. The zero-order valence-electron chi connectivity index (χ0n) is 22.5. The Balaban J connectivity index is 1.32. The molecule has 0 aliphatic heterocycles. The van der Waals surface area contributed by atoms with Gasteiger partial charge in [-0.25, -0.2) is 18.2 Å². The molecule has 0 amide bonds. The minimum Gasteiger partial charge on any atom is -0.497 e. The molecule has 1 aliphatic rings. The minimum atomic E-state index is -0.670. The number of rotatable bonds is 11. The summed E-state index contributed by atoms with van der Waals surface area (Å²) in [7, 11) is 3.12. The molecular formula is C30H28F3N3O3S2. The smallest absolute Gasteiger partial charge is 0.215 e. The molecule has 0 fully saturated rings. The third kappa shape index (κ3) is 6.97. The van der Waals surface area contributed by atoms with Crippen molar-refractivity contribution in [2.45, 2.75) is 30.7 Å². The van der Waals surface area contributed by atoms with Gasteiger partial charge >= 0.3 is 0 Å². The van der Waals surface area contributed by atoms with Gasteiger partial charge in [-0.2, -0.15) is 4.37 Å². The van der Waals surface area contributed by atoms with E-state index >= 15 is 8.78 Å². The highest BCUT2D eigenvalue weighted by Gasteiger charge is 2.23. The molecule has 1 aromatic heterocycles. The van der Waals surface area contributed by atoms with Gasteiger partial charge < -0.3 is 14.2 Å². The van der Waals surface area contributed by atoms with Crippen LogP contribution in [0.25, 0.3) is 5.57 Å². The summed E-state index contributed by atoms with van der Waals surface area (Å²) in [6.07, 6.45) is 6.23. The molecule has 0 spiro atoms.